The van der Waals surface area contributed by atoms with Gasteiger partial charge in [-0.15, -0.1) is 0 Å². The van der Waals surface area contributed by atoms with E-state index in [1.165, 1.54) is 11.3 Å². The van der Waals surface area contributed by atoms with Crippen molar-refractivity contribution >= 4 is 12.0 Å². The zero-order valence-corrected chi connectivity index (χ0v) is 12.0. The first-order valence-corrected chi connectivity index (χ1v) is 7.22. The van der Waals surface area contributed by atoms with Crippen LogP contribution in [0.5, 0.6) is 0 Å². The summed E-state index contributed by atoms with van der Waals surface area (Å²) in [6.45, 7) is 8.97. The van der Waals surface area contributed by atoms with E-state index in [1.54, 1.807) is 0 Å². The molecule has 1 aliphatic heterocycles. The summed E-state index contributed by atoms with van der Waals surface area (Å²) in [6.07, 6.45) is 2.46. The second kappa shape index (κ2) is 6.71. The lowest BCUT2D eigenvalue weighted by Gasteiger charge is -2.38. The molecule has 0 aliphatic carbocycles. The van der Waals surface area contributed by atoms with Crippen molar-refractivity contribution < 1.29 is 4.79 Å². The molecule has 1 saturated heterocycles. The first kappa shape index (κ1) is 14.1. The topological polar surface area (TPSA) is 23.6 Å². The van der Waals surface area contributed by atoms with Crippen LogP contribution in [0.4, 0.5) is 5.69 Å². The third kappa shape index (κ3) is 3.80. The van der Waals surface area contributed by atoms with E-state index in [0.717, 1.165) is 38.9 Å². The van der Waals surface area contributed by atoms with Crippen LogP contribution in [0.25, 0.3) is 0 Å². The quantitative estimate of drug-likeness (QED) is 0.759. The Bertz CT molecular complexity index is 409. The van der Waals surface area contributed by atoms with E-state index < -0.39 is 0 Å². The molecular formula is C16H24N2O. The van der Waals surface area contributed by atoms with Gasteiger partial charge in [-0.2, -0.15) is 0 Å². The molecule has 3 nitrogen and oxygen atoms in total. The summed E-state index contributed by atoms with van der Waals surface area (Å²) in [5.74, 6) is 0. The molecule has 0 amide bonds. The SMILES string of the molecule is CC(C)N1CCN(c2cccc(CCC=O)c2)CC1. The van der Waals surface area contributed by atoms with Gasteiger partial charge in [0.05, 0.1) is 0 Å². The fourth-order valence-corrected chi connectivity index (χ4v) is 2.63. The molecule has 0 spiro atoms. The number of carbonyl (C=O) groups is 1. The molecule has 1 aromatic rings. The fraction of sp³-hybridized carbons (Fsp3) is 0.562. The Morgan fingerprint density at radius 2 is 1.95 bits per heavy atom. The monoisotopic (exact) mass is 260 g/mol. The fourth-order valence-electron chi connectivity index (χ4n) is 2.63. The lowest BCUT2D eigenvalue weighted by atomic mass is 10.1. The van der Waals surface area contributed by atoms with Crippen LogP contribution in [0.1, 0.15) is 25.8 Å². The number of benzene rings is 1. The highest BCUT2D eigenvalue weighted by atomic mass is 16.1. The molecule has 104 valence electrons. The molecule has 19 heavy (non-hydrogen) atoms. The second-order valence-corrected chi connectivity index (χ2v) is 5.49. The molecule has 2 rings (SSSR count). The normalized spacial score (nSPS) is 16.9. The number of piperazine rings is 1. The summed E-state index contributed by atoms with van der Waals surface area (Å²) >= 11 is 0. The largest absolute Gasteiger partial charge is 0.369 e. The van der Waals surface area contributed by atoms with Crippen LogP contribution < -0.4 is 4.90 Å². The summed E-state index contributed by atoms with van der Waals surface area (Å²) in [5, 5.41) is 0. The third-order valence-electron chi connectivity index (χ3n) is 3.87. The van der Waals surface area contributed by atoms with Gasteiger partial charge in [-0.25, -0.2) is 0 Å². The maximum Gasteiger partial charge on any atom is 0.120 e. The summed E-state index contributed by atoms with van der Waals surface area (Å²) < 4.78 is 0. The number of rotatable bonds is 5. The van der Waals surface area contributed by atoms with Crippen LogP contribution in [0.15, 0.2) is 24.3 Å². The minimum absolute atomic E-state index is 0.616. The number of carbonyl (C=O) groups excluding carboxylic acids is 1. The maximum atomic E-state index is 10.4. The van der Waals surface area contributed by atoms with E-state index in [-0.39, 0.29) is 0 Å². The number of aldehydes is 1. The minimum atomic E-state index is 0.616. The van der Waals surface area contributed by atoms with Crippen molar-refractivity contribution in [3.8, 4) is 0 Å². The van der Waals surface area contributed by atoms with Crippen molar-refractivity contribution in [2.75, 3.05) is 31.1 Å². The zero-order chi connectivity index (χ0) is 13.7. The molecular weight excluding hydrogens is 236 g/mol. The van der Waals surface area contributed by atoms with E-state index >= 15 is 0 Å². The lowest BCUT2D eigenvalue weighted by molar-refractivity contribution is -0.107. The van der Waals surface area contributed by atoms with E-state index in [2.05, 4.69) is 47.9 Å². The van der Waals surface area contributed by atoms with Gasteiger partial charge in [-0.3, -0.25) is 4.90 Å². The molecule has 1 heterocycles. The Morgan fingerprint density at radius 1 is 1.21 bits per heavy atom. The van der Waals surface area contributed by atoms with Crippen molar-refractivity contribution in [2.24, 2.45) is 0 Å². The predicted molar refractivity (Wildman–Crippen MR) is 79.7 cm³/mol. The summed E-state index contributed by atoms with van der Waals surface area (Å²) in [5.41, 5.74) is 2.56. The molecule has 3 heteroatoms. The first-order chi connectivity index (χ1) is 9.20. The summed E-state index contributed by atoms with van der Waals surface area (Å²) in [4.78, 5) is 15.4. The van der Waals surface area contributed by atoms with Crippen LogP contribution >= 0.6 is 0 Å². The number of hydrogen-bond acceptors (Lipinski definition) is 3. The highest BCUT2D eigenvalue weighted by Gasteiger charge is 2.18. The zero-order valence-electron chi connectivity index (χ0n) is 12.0. The van der Waals surface area contributed by atoms with Crippen LogP contribution in [-0.2, 0) is 11.2 Å². The molecule has 0 bridgehead atoms. The van der Waals surface area contributed by atoms with Crippen molar-refractivity contribution in [3.05, 3.63) is 29.8 Å². The Kier molecular flexibility index (Phi) is 4.97. The Labute approximate surface area is 116 Å². The van der Waals surface area contributed by atoms with Gasteiger partial charge in [-0.1, -0.05) is 12.1 Å². The van der Waals surface area contributed by atoms with Crippen molar-refractivity contribution in [2.45, 2.75) is 32.7 Å². The van der Waals surface area contributed by atoms with Crippen molar-refractivity contribution in [3.63, 3.8) is 0 Å². The summed E-state index contributed by atoms with van der Waals surface area (Å²) in [6, 6.07) is 9.26. The van der Waals surface area contributed by atoms with E-state index in [0.29, 0.717) is 12.5 Å². The van der Waals surface area contributed by atoms with Crippen LogP contribution in [-0.4, -0.2) is 43.4 Å². The van der Waals surface area contributed by atoms with Gasteiger partial charge in [-0.05, 0) is 38.0 Å². The standard InChI is InChI=1S/C16H24N2O/c1-14(2)17-8-10-18(11-9-17)16-7-3-5-15(13-16)6-4-12-19/h3,5,7,12-14H,4,6,8-11H2,1-2H3. The molecule has 0 saturated carbocycles. The van der Waals surface area contributed by atoms with Crippen LogP contribution in [0.3, 0.4) is 0 Å². The molecule has 0 N–H and O–H groups in total. The Balaban J connectivity index is 1.97. The second-order valence-electron chi connectivity index (χ2n) is 5.49. The lowest BCUT2D eigenvalue weighted by Crippen LogP contribution is -2.48. The van der Waals surface area contributed by atoms with Gasteiger partial charge in [0.15, 0.2) is 0 Å². The van der Waals surface area contributed by atoms with E-state index in [4.69, 9.17) is 0 Å². The predicted octanol–water partition coefficient (Wildman–Crippen LogP) is 2.35. The third-order valence-corrected chi connectivity index (χ3v) is 3.87. The Morgan fingerprint density at radius 3 is 2.58 bits per heavy atom. The maximum absolute atomic E-state index is 10.4. The average Bonchev–Trinajstić information content (AvgIpc) is 2.45. The smallest absolute Gasteiger partial charge is 0.120 e. The van der Waals surface area contributed by atoms with E-state index in [1.807, 2.05) is 0 Å². The first-order valence-electron chi connectivity index (χ1n) is 7.22. The summed E-state index contributed by atoms with van der Waals surface area (Å²) in [7, 11) is 0. The molecule has 0 aromatic heterocycles. The van der Waals surface area contributed by atoms with Gasteiger partial charge in [0, 0.05) is 44.3 Å². The van der Waals surface area contributed by atoms with Gasteiger partial charge in [0.2, 0.25) is 0 Å². The van der Waals surface area contributed by atoms with E-state index in [9.17, 15) is 4.79 Å². The van der Waals surface area contributed by atoms with Gasteiger partial charge >= 0.3 is 0 Å². The van der Waals surface area contributed by atoms with Crippen LogP contribution in [0, 0.1) is 0 Å². The number of anilines is 1. The molecule has 1 aromatic carbocycles. The van der Waals surface area contributed by atoms with Crippen molar-refractivity contribution in [1.82, 2.24) is 4.90 Å². The molecule has 0 unspecified atom stereocenters. The highest BCUT2D eigenvalue weighted by Crippen LogP contribution is 2.19. The van der Waals surface area contributed by atoms with Gasteiger partial charge in [0.1, 0.15) is 6.29 Å². The average molecular weight is 260 g/mol. The molecule has 1 fully saturated rings. The minimum Gasteiger partial charge on any atom is -0.369 e. The van der Waals surface area contributed by atoms with Gasteiger partial charge < -0.3 is 9.69 Å². The molecule has 0 radical (unpaired) electrons. The van der Waals surface area contributed by atoms with Gasteiger partial charge in [0.25, 0.3) is 0 Å². The van der Waals surface area contributed by atoms with Crippen molar-refractivity contribution in [1.29, 1.82) is 0 Å². The number of hydrogen-bond donors (Lipinski definition) is 0. The Hall–Kier alpha value is -1.35. The molecule has 1 aliphatic rings. The molecule has 0 atom stereocenters. The number of nitrogens with zero attached hydrogens (tertiary/aromatic N) is 2. The highest BCUT2D eigenvalue weighted by molar-refractivity contribution is 5.52. The number of aryl methyl sites for hydroxylation is 1. The van der Waals surface area contributed by atoms with Crippen LogP contribution in [0.2, 0.25) is 0 Å².